The zero-order valence-corrected chi connectivity index (χ0v) is 13.8. The van der Waals surface area contributed by atoms with Crippen molar-refractivity contribution in [2.45, 2.75) is 26.3 Å². The molecular formula is C15H19BrF2N2O. The van der Waals surface area contributed by atoms with Crippen molar-refractivity contribution in [2.24, 2.45) is 0 Å². The van der Waals surface area contributed by atoms with Gasteiger partial charge in [-0.05, 0) is 41.9 Å². The molecule has 0 saturated carbocycles. The van der Waals surface area contributed by atoms with Crippen molar-refractivity contribution in [3.63, 3.8) is 0 Å². The van der Waals surface area contributed by atoms with Gasteiger partial charge < -0.3 is 4.90 Å². The van der Waals surface area contributed by atoms with E-state index in [0.717, 1.165) is 25.2 Å². The van der Waals surface area contributed by atoms with Crippen molar-refractivity contribution in [1.29, 1.82) is 0 Å². The fourth-order valence-corrected chi connectivity index (χ4v) is 2.78. The van der Waals surface area contributed by atoms with Gasteiger partial charge in [-0.3, -0.25) is 9.69 Å². The van der Waals surface area contributed by atoms with Crippen molar-refractivity contribution in [1.82, 2.24) is 9.80 Å². The van der Waals surface area contributed by atoms with Crippen molar-refractivity contribution in [3.05, 3.63) is 33.8 Å². The first-order valence-corrected chi connectivity index (χ1v) is 7.83. The normalized spacial score (nSPS) is 16.6. The Balaban J connectivity index is 1.98. The molecule has 1 aromatic rings. The maximum atomic E-state index is 13.8. The van der Waals surface area contributed by atoms with E-state index < -0.39 is 11.6 Å². The predicted octanol–water partition coefficient (Wildman–Crippen LogP) is 2.82. The Morgan fingerprint density at radius 1 is 1.19 bits per heavy atom. The first-order chi connectivity index (χ1) is 9.88. The highest BCUT2D eigenvalue weighted by molar-refractivity contribution is 9.10. The summed E-state index contributed by atoms with van der Waals surface area (Å²) in [7, 11) is 0. The molecule has 2 rings (SSSR count). The van der Waals surface area contributed by atoms with Crippen LogP contribution in [0.15, 0.2) is 16.6 Å². The molecule has 0 aliphatic carbocycles. The molecule has 0 radical (unpaired) electrons. The fraction of sp³-hybridized carbons (Fsp3) is 0.533. The second kappa shape index (κ2) is 6.83. The smallest absolute Gasteiger partial charge is 0.227 e. The number of hydrogen-bond donors (Lipinski definition) is 0. The van der Waals surface area contributed by atoms with E-state index in [1.807, 2.05) is 0 Å². The van der Waals surface area contributed by atoms with Gasteiger partial charge in [0, 0.05) is 37.8 Å². The molecule has 1 saturated heterocycles. The molecule has 0 aromatic heterocycles. The summed E-state index contributed by atoms with van der Waals surface area (Å²) in [6.45, 7) is 7.16. The van der Waals surface area contributed by atoms with Gasteiger partial charge in [0.2, 0.25) is 5.91 Å². The van der Waals surface area contributed by atoms with Gasteiger partial charge >= 0.3 is 0 Å². The minimum Gasteiger partial charge on any atom is -0.340 e. The van der Waals surface area contributed by atoms with Crippen LogP contribution in [0.1, 0.15) is 19.4 Å². The van der Waals surface area contributed by atoms with Gasteiger partial charge in [-0.2, -0.15) is 0 Å². The van der Waals surface area contributed by atoms with E-state index in [-0.39, 0.29) is 22.4 Å². The Morgan fingerprint density at radius 2 is 1.81 bits per heavy atom. The molecule has 1 aliphatic heterocycles. The van der Waals surface area contributed by atoms with Gasteiger partial charge in [0.05, 0.1) is 10.9 Å². The van der Waals surface area contributed by atoms with Crippen molar-refractivity contribution in [2.75, 3.05) is 26.2 Å². The van der Waals surface area contributed by atoms with Crippen LogP contribution in [-0.2, 0) is 11.2 Å². The molecule has 6 heteroatoms. The maximum absolute atomic E-state index is 13.8. The minimum atomic E-state index is -0.558. The molecule has 116 valence electrons. The van der Waals surface area contributed by atoms with Gasteiger partial charge in [0.15, 0.2) is 0 Å². The maximum Gasteiger partial charge on any atom is 0.227 e. The lowest BCUT2D eigenvalue weighted by molar-refractivity contribution is -0.132. The summed E-state index contributed by atoms with van der Waals surface area (Å²) in [5, 5.41) is 0. The van der Waals surface area contributed by atoms with Crippen LogP contribution in [-0.4, -0.2) is 47.9 Å². The minimum absolute atomic E-state index is 0.0711. The van der Waals surface area contributed by atoms with E-state index in [4.69, 9.17) is 0 Å². The number of carbonyl (C=O) groups is 1. The molecule has 0 bridgehead atoms. The Hall–Kier alpha value is -1.01. The predicted molar refractivity (Wildman–Crippen MR) is 81.1 cm³/mol. The third kappa shape index (κ3) is 4.01. The molecule has 0 atom stereocenters. The first kappa shape index (κ1) is 16.4. The van der Waals surface area contributed by atoms with Gasteiger partial charge in [-0.15, -0.1) is 0 Å². The van der Waals surface area contributed by atoms with Crippen molar-refractivity contribution in [3.8, 4) is 0 Å². The SMILES string of the molecule is CC(C)N1CCN(C(=O)Cc2cc(F)c(Br)cc2F)CC1. The van der Waals surface area contributed by atoms with E-state index >= 15 is 0 Å². The topological polar surface area (TPSA) is 23.6 Å². The standard InChI is InChI=1S/C15H19BrF2N2O/c1-10(2)19-3-5-20(6-4-19)15(21)8-11-7-14(18)12(16)9-13(11)17/h7,9-10H,3-6,8H2,1-2H3. The average Bonchev–Trinajstić information content (AvgIpc) is 2.44. The summed E-state index contributed by atoms with van der Waals surface area (Å²) in [6, 6.07) is 2.61. The Morgan fingerprint density at radius 3 is 2.38 bits per heavy atom. The summed E-state index contributed by atoms with van der Waals surface area (Å²) in [5.74, 6) is -1.26. The van der Waals surface area contributed by atoms with Crippen LogP contribution in [0.5, 0.6) is 0 Å². The van der Waals surface area contributed by atoms with Gasteiger partial charge in [-0.25, -0.2) is 8.78 Å². The summed E-state index contributed by atoms with van der Waals surface area (Å²) in [6.07, 6.45) is -0.0995. The van der Waals surface area contributed by atoms with Gasteiger partial charge in [-0.1, -0.05) is 0 Å². The molecule has 1 aliphatic rings. The first-order valence-electron chi connectivity index (χ1n) is 7.03. The van der Waals surface area contributed by atoms with Crippen LogP contribution >= 0.6 is 15.9 Å². The van der Waals surface area contributed by atoms with E-state index in [2.05, 4.69) is 34.7 Å². The third-order valence-corrected chi connectivity index (χ3v) is 4.44. The second-order valence-corrected chi connectivity index (χ2v) is 6.40. The largest absolute Gasteiger partial charge is 0.340 e. The Bertz CT molecular complexity index is 529. The van der Waals surface area contributed by atoms with Crippen LogP contribution in [0.3, 0.4) is 0 Å². The number of rotatable bonds is 3. The van der Waals surface area contributed by atoms with Crippen LogP contribution in [0.4, 0.5) is 8.78 Å². The average molecular weight is 361 g/mol. The summed E-state index contributed by atoms with van der Waals surface area (Å²) >= 11 is 2.93. The van der Waals surface area contributed by atoms with Crippen LogP contribution in [0.2, 0.25) is 0 Å². The van der Waals surface area contributed by atoms with Crippen LogP contribution < -0.4 is 0 Å². The zero-order valence-electron chi connectivity index (χ0n) is 12.2. The Kier molecular flexibility index (Phi) is 5.32. The fourth-order valence-electron chi connectivity index (χ4n) is 2.46. The molecule has 1 amide bonds. The molecule has 3 nitrogen and oxygen atoms in total. The number of hydrogen-bond acceptors (Lipinski definition) is 2. The number of nitrogens with zero attached hydrogens (tertiary/aromatic N) is 2. The lowest BCUT2D eigenvalue weighted by atomic mass is 10.1. The monoisotopic (exact) mass is 360 g/mol. The molecule has 0 unspecified atom stereocenters. The molecule has 1 heterocycles. The quantitative estimate of drug-likeness (QED) is 0.773. The molecule has 0 spiro atoms. The molecule has 21 heavy (non-hydrogen) atoms. The number of halogens is 3. The highest BCUT2D eigenvalue weighted by Crippen LogP contribution is 2.21. The molecular weight excluding hydrogens is 342 g/mol. The zero-order chi connectivity index (χ0) is 15.6. The number of piperazine rings is 1. The summed E-state index contributed by atoms with van der Waals surface area (Å²) in [4.78, 5) is 16.2. The Labute approximate surface area is 132 Å². The number of carbonyl (C=O) groups excluding carboxylic acids is 1. The van der Waals surface area contributed by atoms with Gasteiger partial charge in [0.1, 0.15) is 11.6 Å². The second-order valence-electron chi connectivity index (χ2n) is 5.55. The van der Waals surface area contributed by atoms with E-state index in [1.165, 1.54) is 0 Å². The molecule has 1 aromatic carbocycles. The highest BCUT2D eigenvalue weighted by Gasteiger charge is 2.23. The molecule has 0 N–H and O–H groups in total. The number of amides is 1. The van der Waals surface area contributed by atoms with Gasteiger partial charge in [0.25, 0.3) is 0 Å². The summed E-state index contributed by atoms with van der Waals surface area (Å²) in [5.41, 5.74) is 0.104. The highest BCUT2D eigenvalue weighted by atomic mass is 79.9. The van der Waals surface area contributed by atoms with Crippen LogP contribution in [0.25, 0.3) is 0 Å². The third-order valence-electron chi connectivity index (χ3n) is 3.83. The van der Waals surface area contributed by atoms with Crippen molar-refractivity contribution >= 4 is 21.8 Å². The molecule has 1 fully saturated rings. The van der Waals surface area contributed by atoms with E-state index in [9.17, 15) is 13.6 Å². The lowest BCUT2D eigenvalue weighted by Gasteiger charge is -2.37. The summed E-state index contributed by atoms with van der Waals surface area (Å²) < 4.78 is 27.3. The van der Waals surface area contributed by atoms with Crippen LogP contribution in [0, 0.1) is 11.6 Å². The number of benzene rings is 1. The lowest BCUT2D eigenvalue weighted by Crippen LogP contribution is -2.51. The van der Waals surface area contributed by atoms with E-state index in [0.29, 0.717) is 19.1 Å². The van der Waals surface area contributed by atoms with Crippen molar-refractivity contribution < 1.29 is 13.6 Å². The van der Waals surface area contributed by atoms with E-state index in [1.54, 1.807) is 4.90 Å².